The Bertz CT molecular complexity index is 1130. The Kier molecular flexibility index (Phi) is 6.57. The number of sulfone groups is 1. The summed E-state index contributed by atoms with van der Waals surface area (Å²) in [6.45, 7) is 2.75. The van der Waals surface area contributed by atoms with Crippen molar-refractivity contribution in [2.45, 2.75) is 17.4 Å². The van der Waals surface area contributed by atoms with Gasteiger partial charge in [-0.1, -0.05) is 23.7 Å². The van der Waals surface area contributed by atoms with Crippen molar-refractivity contribution in [2.75, 3.05) is 45.0 Å². The van der Waals surface area contributed by atoms with Gasteiger partial charge in [0, 0.05) is 44.3 Å². The Hall–Kier alpha value is -2.40. The zero-order chi connectivity index (χ0) is 22.9. The molecule has 2 saturated heterocycles. The molecule has 0 bridgehead atoms. The molecule has 2 fully saturated rings. The maximum atomic E-state index is 12.8. The lowest BCUT2D eigenvalue weighted by Gasteiger charge is -2.42. The van der Waals surface area contributed by atoms with E-state index in [9.17, 15) is 23.1 Å². The van der Waals surface area contributed by atoms with E-state index in [1.807, 2.05) is 5.01 Å². The minimum absolute atomic E-state index is 0.0418. The molecule has 2 N–H and O–H groups in total. The van der Waals surface area contributed by atoms with E-state index in [1.54, 1.807) is 29.3 Å². The second kappa shape index (κ2) is 9.22. The normalized spacial score (nSPS) is 19.1. The molecule has 2 aromatic rings. The maximum absolute atomic E-state index is 12.8. The molecule has 11 heteroatoms. The largest absolute Gasteiger partial charge is 0.382 e. The summed E-state index contributed by atoms with van der Waals surface area (Å²) in [6, 6.07) is 9.59. The van der Waals surface area contributed by atoms with Crippen molar-refractivity contribution in [1.82, 2.24) is 20.2 Å². The van der Waals surface area contributed by atoms with Gasteiger partial charge in [-0.25, -0.2) is 18.2 Å². The van der Waals surface area contributed by atoms with Crippen LogP contribution in [0.2, 0.25) is 5.02 Å². The van der Waals surface area contributed by atoms with Gasteiger partial charge in [-0.3, -0.25) is 9.80 Å². The van der Waals surface area contributed by atoms with E-state index in [1.165, 1.54) is 17.0 Å². The van der Waals surface area contributed by atoms with E-state index in [4.69, 9.17) is 11.6 Å². The quantitative estimate of drug-likeness (QED) is 0.663. The lowest BCUT2D eigenvalue weighted by Crippen LogP contribution is -2.61. The summed E-state index contributed by atoms with van der Waals surface area (Å²) in [6.07, 6.45) is -0.811. The van der Waals surface area contributed by atoms with Gasteiger partial charge < -0.3 is 15.3 Å². The van der Waals surface area contributed by atoms with E-state index in [0.29, 0.717) is 49.7 Å². The summed E-state index contributed by atoms with van der Waals surface area (Å²) in [5.41, 5.74) is 0. The monoisotopic (exact) mass is 480 g/mol. The molecule has 0 radical (unpaired) electrons. The van der Waals surface area contributed by atoms with E-state index >= 15 is 0 Å². The average Bonchev–Trinajstić information content (AvgIpc) is 2.78. The highest BCUT2D eigenvalue weighted by molar-refractivity contribution is 7.91. The average molecular weight is 481 g/mol. The number of rotatable bonds is 5. The molecule has 0 spiro atoms. The third kappa shape index (κ3) is 4.83. The van der Waals surface area contributed by atoms with E-state index in [-0.39, 0.29) is 10.9 Å². The summed E-state index contributed by atoms with van der Waals surface area (Å²) < 4.78 is 25.6. The summed E-state index contributed by atoms with van der Waals surface area (Å²) in [4.78, 5) is 26.2. The Balaban J connectivity index is 1.38. The molecule has 9 nitrogen and oxygen atoms in total. The standard InChI is InChI=1S/C21H25ClN4O5S/c22-17-4-2-16-13-18(5-3-15(16)12-17)32(30,31)14-19(27)20(28)24-8-10-25(11-9-24)26-7-1-6-23-21(26)29/h2-5,12-13,19,27H,1,6-11,14H2,(H,23,29)/t19-/m1/s1. The number of fused-ring (bicyclic) bond motifs is 1. The molecule has 0 aromatic heterocycles. The molecule has 4 rings (SSSR count). The van der Waals surface area contributed by atoms with Gasteiger partial charge >= 0.3 is 6.03 Å². The minimum atomic E-state index is -3.88. The van der Waals surface area contributed by atoms with Crippen molar-refractivity contribution >= 4 is 44.1 Å². The third-order valence-electron chi connectivity index (χ3n) is 5.76. The van der Waals surface area contributed by atoms with Crippen LogP contribution in [0.3, 0.4) is 0 Å². The molecule has 0 aliphatic carbocycles. The highest BCUT2D eigenvalue weighted by Crippen LogP contribution is 2.24. The molecular formula is C21H25ClN4O5S. The molecule has 2 aliphatic heterocycles. The lowest BCUT2D eigenvalue weighted by atomic mass is 10.1. The van der Waals surface area contributed by atoms with Gasteiger partial charge in [0.15, 0.2) is 9.84 Å². The molecule has 3 amide bonds. The van der Waals surface area contributed by atoms with Gasteiger partial charge in [0.25, 0.3) is 5.91 Å². The molecular weight excluding hydrogens is 456 g/mol. The van der Waals surface area contributed by atoms with Crippen LogP contribution in [0.25, 0.3) is 10.8 Å². The summed E-state index contributed by atoms with van der Waals surface area (Å²) in [5, 5.41) is 18.8. The van der Waals surface area contributed by atoms with Gasteiger partial charge in [-0.2, -0.15) is 0 Å². The Morgan fingerprint density at radius 1 is 1.06 bits per heavy atom. The number of nitrogens with one attached hydrogen (secondary N) is 1. The lowest BCUT2D eigenvalue weighted by molar-refractivity contribution is -0.143. The topological polar surface area (TPSA) is 110 Å². The number of halogens is 1. The van der Waals surface area contributed by atoms with E-state index in [0.717, 1.165) is 11.8 Å². The van der Waals surface area contributed by atoms with Crippen molar-refractivity contribution in [1.29, 1.82) is 0 Å². The zero-order valence-electron chi connectivity index (χ0n) is 17.4. The van der Waals surface area contributed by atoms with Crippen molar-refractivity contribution in [2.24, 2.45) is 0 Å². The fourth-order valence-corrected chi connectivity index (χ4v) is 5.53. The molecule has 2 heterocycles. The van der Waals surface area contributed by atoms with Crippen LogP contribution in [0.15, 0.2) is 41.3 Å². The SMILES string of the molecule is O=C([C@H](O)CS(=O)(=O)c1ccc2cc(Cl)ccc2c1)N1CCN(N2CCCNC2=O)CC1. The van der Waals surface area contributed by atoms with Crippen LogP contribution in [0, 0.1) is 0 Å². The molecule has 0 unspecified atom stereocenters. The van der Waals surface area contributed by atoms with Crippen LogP contribution < -0.4 is 5.32 Å². The Morgan fingerprint density at radius 2 is 1.75 bits per heavy atom. The molecule has 2 aromatic carbocycles. The van der Waals surface area contributed by atoms with Gasteiger partial charge in [-0.15, -0.1) is 0 Å². The minimum Gasteiger partial charge on any atom is -0.382 e. The Labute approximate surface area is 191 Å². The van der Waals surface area contributed by atoms with Crippen molar-refractivity contribution in [3.8, 4) is 0 Å². The molecule has 172 valence electrons. The fraction of sp³-hybridized carbons (Fsp3) is 0.429. The highest BCUT2D eigenvalue weighted by Gasteiger charge is 2.33. The first-order chi connectivity index (χ1) is 15.2. The van der Waals surface area contributed by atoms with Gasteiger partial charge in [0.1, 0.15) is 6.10 Å². The number of hydrazine groups is 1. The Morgan fingerprint density at radius 3 is 2.47 bits per heavy atom. The van der Waals surface area contributed by atoms with Crippen LogP contribution in [-0.4, -0.2) is 91.5 Å². The summed E-state index contributed by atoms with van der Waals surface area (Å²) in [7, 11) is -3.88. The predicted octanol–water partition coefficient (Wildman–Crippen LogP) is 1.10. The van der Waals surface area contributed by atoms with E-state index in [2.05, 4.69) is 5.32 Å². The number of aliphatic hydroxyl groups is 1. The zero-order valence-corrected chi connectivity index (χ0v) is 19.0. The number of aliphatic hydroxyl groups excluding tert-OH is 1. The van der Waals surface area contributed by atoms with Gasteiger partial charge in [-0.05, 0) is 41.5 Å². The molecule has 0 saturated carbocycles. The number of carbonyl (C=O) groups is 2. The van der Waals surface area contributed by atoms with Gasteiger partial charge in [0.2, 0.25) is 0 Å². The second-order valence-corrected chi connectivity index (χ2v) is 10.4. The van der Waals surface area contributed by atoms with Gasteiger partial charge in [0.05, 0.1) is 10.6 Å². The number of hydrogen-bond acceptors (Lipinski definition) is 6. The number of hydrogen-bond donors (Lipinski definition) is 2. The fourth-order valence-electron chi connectivity index (χ4n) is 4.02. The summed E-state index contributed by atoms with van der Waals surface area (Å²) >= 11 is 5.97. The number of amides is 3. The molecule has 2 aliphatic rings. The van der Waals surface area contributed by atoms with Crippen molar-refractivity contribution in [3.05, 3.63) is 41.4 Å². The number of benzene rings is 2. The first-order valence-corrected chi connectivity index (χ1v) is 12.5. The first-order valence-electron chi connectivity index (χ1n) is 10.4. The van der Waals surface area contributed by atoms with Crippen molar-refractivity contribution in [3.63, 3.8) is 0 Å². The van der Waals surface area contributed by atoms with Crippen molar-refractivity contribution < 1.29 is 23.1 Å². The summed E-state index contributed by atoms with van der Waals surface area (Å²) in [5.74, 6) is -1.32. The molecule has 32 heavy (non-hydrogen) atoms. The predicted molar refractivity (Wildman–Crippen MR) is 120 cm³/mol. The van der Waals surface area contributed by atoms with E-state index < -0.39 is 27.6 Å². The van der Waals surface area contributed by atoms with Crippen LogP contribution in [0.1, 0.15) is 6.42 Å². The number of urea groups is 1. The van der Waals surface area contributed by atoms with Crippen LogP contribution in [-0.2, 0) is 14.6 Å². The molecule has 1 atom stereocenters. The van der Waals surface area contributed by atoms with Crippen LogP contribution >= 0.6 is 11.6 Å². The second-order valence-electron chi connectivity index (χ2n) is 7.94. The number of carbonyl (C=O) groups excluding carboxylic acids is 2. The maximum Gasteiger partial charge on any atom is 0.331 e. The third-order valence-corrected chi connectivity index (χ3v) is 7.72. The first kappa shape index (κ1) is 22.8. The number of piperazine rings is 1. The number of nitrogens with zero attached hydrogens (tertiary/aromatic N) is 3. The van der Waals surface area contributed by atoms with Crippen LogP contribution in [0.5, 0.6) is 0 Å². The highest BCUT2D eigenvalue weighted by atomic mass is 35.5. The smallest absolute Gasteiger partial charge is 0.331 e. The van der Waals surface area contributed by atoms with Crippen LogP contribution in [0.4, 0.5) is 4.79 Å².